The average Bonchev–Trinajstić information content (AvgIpc) is 3.31. The van der Waals surface area contributed by atoms with E-state index < -0.39 is 29.4 Å². The molecular formula is C54H53F6N7O3+2. The number of nitrogens with two attached hydrogens (primary N) is 1. The highest BCUT2D eigenvalue weighted by Gasteiger charge is 2.31. The molecule has 0 unspecified atom stereocenters. The standard InChI is InChI=1S/C24H15F3N2O2.C20H15F3N2O.C9H18N3.CH4/c25-24(26,27)18-8-5-16(6-9-18)20-3-1-2-4-21(20)23(31)29-19-10-7-17-11-15(14-30)13-28-22(17)12-19;21-20(22,23)14-10-8-13(9-11-14)17-6-1-2-7-18(17)19(26)25-16-5-3-4-15(24)12-16;1-10-6-9(7-11(2)3)8-12(4)5;/h1-14H,(H,29,31);1-12H,24H2,(H,25,26);6-8H,1-5H3;1H4/q;;+1;/p+1. The number of aldehydes is 1. The summed E-state index contributed by atoms with van der Waals surface area (Å²) in [5.74, 6) is -0.773. The molecule has 1 aromatic heterocycles. The maximum absolute atomic E-state index is 12.9. The van der Waals surface area contributed by atoms with Gasteiger partial charge in [0.2, 0.25) is 0 Å². The van der Waals surface area contributed by atoms with Crippen LogP contribution in [0.2, 0.25) is 0 Å². The van der Waals surface area contributed by atoms with Crippen molar-refractivity contribution in [2.45, 2.75) is 19.8 Å². The SMILES string of the molecule is C.CNC=C(C=[N+](C)C)C=[N+](C)C.Nc1cccc(NC(=O)c2ccccc2-c2ccc(C(F)(F)F)cc2)c1.O=Cc1cnc2cc(NC(=O)c3ccccc3-c3ccc(C(F)(F)F)cc3)ccc2c1. The Hall–Kier alpha value is -8.40. The lowest BCUT2D eigenvalue weighted by molar-refractivity contribution is -0.462. The van der Waals surface area contributed by atoms with Crippen LogP contribution in [0.5, 0.6) is 0 Å². The van der Waals surface area contributed by atoms with Crippen LogP contribution in [0.4, 0.5) is 43.4 Å². The minimum absolute atomic E-state index is 0. The number of anilines is 3. The first-order valence-electron chi connectivity index (χ1n) is 21.0. The van der Waals surface area contributed by atoms with Crippen LogP contribution in [0.25, 0.3) is 33.2 Å². The number of benzene rings is 6. The Morgan fingerprint density at radius 1 is 0.600 bits per heavy atom. The molecule has 1 heterocycles. The molecular weight excluding hydrogens is 909 g/mol. The van der Waals surface area contributed by atoms with Crippen molar-refractivity contribution in [2.24, 2.45) is 0 Å². The maximum atomic E-state index is 12.9. The number of nitrogen functional groups attached to an aromatic ring is 1. The Labute approximate surface area is 402 Å². The summed E-state index contributed by atoms with van der Waals surface area (Å²) in [6, 6.07) is 36.4. The molecule has 0 aliphatic carbocycles. The number of aromatic nitrogens is 1. The first-order chi connectivity index (χ1) is 32.7. The lowest BCUT2D eigenvalue weighted by Crippen LogP contribution is -2.13. The summed E-state index contributed by atoms with van der Waals surface area (Å²) in [6.07, 6.45) is -0.608. The number of allylic oxidation sites excluding steroid dienone is 1. The van der Waals surface area contributed by atoms with Crippen LogP contribution in [0.15, 0.2) is 164 Å². The molecule has 0 atom stereocenters. The number of nitrogens with zero attached hydrogens (tertiary/aromatic N) is 3. The molecule has 0 spiro atoms. The Morgan fingerprint density at radius 2 is 1.07 bits per heavy atom. The quantitative estimate of drug-likeness (QED) is 0.0355. The van der Waals surface area contributed by atoms with E-state index in [-0.39, 0.29) is 13.3 Å². The van der Waals surface area contributed by atoms with Gasteiger partial charge in [-0.1, -0.05) is 80.2 Å². The maximum Gasteiger partial charge on any atom is 0.416 e. The van der Waals surface area contributed by atoms with Gasteiger partial charge in [0.05, 0.1) is 16.6 Å². The molecule has 0 saturated heterocycles. The topological polar surface area (TPSA) is 132 Å². The predicted molar refractivity (Wildman–Crippen MR) is 268 cm³/mol. The molecule has 16 heteroatoms. The summed E-state index contributed by atoms with van der Waals surface area (Å²) >= 11 is 0. The Kier molecular flexibility index (Phi) is 19.0. The van der Waals surface area contributed by atoms with Crippen molar-refractivity contribution < 1.29 is 49.9 Å². The number of hydrogen-bond acceptors (Lipinski definition) is 6. The summed E-state index contributed by atoms with van der Waals surface area (Å²) < 4.78 is 80.7. The zero-order valence-corrected chi connectivity index (χ0v) is 38.2. The average molecular weight is 962 g/mol. The van der Waals surface area contributed by atoms with E-state index in [4.69, 9.17) is 5.73 Å². The highest BCUT2D eigenvalue weighted by molar-refractivity contribution is 6.10. The molecule has 2 amide bonds. The zero-order valence-electron chi connectivity index (χ0n) is 38.2. The number of carbonyl (C=O) groups is 3. The lowest BCUT2D eigenvalue weighted by Gasteiger charge is -2.12. The highest BCUT2D eigenvalue weighted by atomic mass is 19.4. The predicted octanol–water partition coefficient (Wildman–Crippen LogP) is 11.6. The molecule has 5 N–H and O–H groups in total. The van der Waals surface area contributed by atoms with Gasteiger partial charge in [-0.3, -0.25) is 19.4 Å². The van der Waals surface area contributed by atoms with Crippen molar-refractivity contribution in [3.63, 3.8) is 0 Å². The van der Waals surface area contributed by atoms with E-state index in [0.717, 1.165) is 35.2 Å². The second-order valence-electron chi connectivity index (χ2n) is 15.7. The van der Waals surface area contributed by atoms with E-state index in [1.807, 2.05) is 50.6 Å². The molecule has 0 fully saturated rings. The smallest absolute Gasteiger partial charge is 0.399 e. The van der Waals surface area contributed by atoms with Crippen LogP contribution in [-0.2, 0) is 12.4 Å². The molecule has 0 aliphatic heterocycles. The number of carbonyl (C=O) groups excluding carboxylic acids is 3. The summed E-state index contributed by atoms with van der Waals surface area (Å²) in [4.78, 5) is 40.6. The Balaban J connectivity index is 0.000000248. The van der Waals surface area contributed by atoms with Crippen molar-refractivity contribution in [1.82, 2.24) is 10.3 Å². The fourth-order valence-corrected chi connectivity index (χ4v) is 6.71. The second kappa shape index (κ2) is 24.6. The molecule has 6 aromatic carbocycles. The van der Waals surface area contributed by atoms with Gasteiger partial charge >= 0.3 is 12.4 Å². The van der Waals surface area contributed by atoms with E-state index in [1.165, 1.54) is 30.5 Å². The molecule has 0 radical (unpaired) electrons. The number of fused-ring (bicyclic) bond motifs is 1. The van der Waals surface area contributed by atoms with Gasteiger partial charge in [-0.15, -0.1) is 0 Å². The van der Waals surface area contributed by atoms with Crippen molar-refractivity contribution >= 4 is 58.5 Å². The molecule has 10 nitrogen and oxygen atoms in total. The summed E-state index contributed by atoms with van der Waals surface area (Å²) in [5.41, 5.74) is 10.8. The van der Waals surface area contributed by atoms with Gasteiger partial charge < -0.3 is 21.7 Å². The van der Waals surface area contributed by atoms with Crippen molar-refractivity contribution in [3.8, 4) is 22.3 Å². The summed E-state index contributed by atoms with van der Waals surface area (Å²) in [7, 11) is 9.92. The lowest BCUT2D eigenvalue weighted by atomic mass is 9.98. The Bertz CT molecular complexity index is 2990. The van der Waals surface area contributed by atoms with Gasteiger partial charge in [0, 0.05) is 58.6 Å². The molecule has 0 bridgehead atoms. The number of nitrogens with one attached hydrogen (secondary N) is 3. The first-order valence-corrected chi connectivity index (χ1v) is 21.0. The third-order valence-corrected chi connectivity index (χ3v) is 9.76. The third-order valence-electron chi connectivity index (χ3n) is 9.76. The van der Waals surface area contributed by atoms with Crippen molar-refractivity contribution in [3.05, 3.63) is 191 Å². The number of alkyl halides is 6. The minimum Gasteiger partial charge on any atom is -0.399 e. The van der Waals surface area contributed by atoms with Crippen LogP contribution in [-0.4, -0.2) is 79.9 Å². The molecule has 7 aromatic rings. The normalized spacial score (nSPS) is 10.6. The van der Waals surface area contributed by atoms with E-state index in [9.17, 15) is 40.7 Å². The first kappa shape index (κ1) is 54.2. The number of pyridine rings is 1. The van der Waals surface area contributed by atoms with Crippen molar-refractivity contribution in [1.29, 1.82) is 0 Å². The van der Waals surface area contributed by atoms with Gasteiger partial charge in [-0.05, 0) is 95.1 Å². The van der Waals surface area contributed by atoms with E-state index in [0.29, 0.717) is 67.8 Å². The molecule has 7 rings (SSSR count). The monoisotopic (exact) mass is 961 g/mol. The van der Waals surface area contributed by atoms with E-state index >= 15 is 0 Å². The highest BCUT2D eigenvalue weighted by Crippen LogP contribution is 2.34. The third kappa shape index (κ3) is 15.6. The van der Waals surface area contributed by atoms with Gasteiger partial charge in [0.25, 0.3) is 11.8 Å². The fourth-order valence-electron chi connectivity index (χ4n) is 6.71. The number of amides is 2. The number of hydrogen-bond donors (Lipinski definition) is 4. The van der Waals surface area contributed by atoms with Crippen LogP contribution in [0, 0.1) is 0 Å². The van der Waals surface area contributed by atoms with Crippen molar-refractivity contribution in [2.75, 3.05) is 51.6 Å². The molecule has 362 valence electrons. The number of halogens is 6. The van der Waals surface area contributed by atoms with Crippen LogP contribution in [0.3, 0.4) is 0 Å². The summed E-state index contributed by atoms with van der Waals surface area (Å²) in [5, 5.41) is 9.30. The van der Waals surface area contributed by atoms with Gasteiger partial charge in [-0.2, -0.15) is 26.3 Å². The fraction of sp³-hybridized carbons (Fsp3) is 0.148. The van der Waals surface area contributed by atoms with Gasteiger partial charge in [0.1, 0.15) is 33.8 Å². The molecule has 70 heavy (non-hydrogen) atoms. The van der Waals surface area contributed by atoms with Gasteiger partial charge in [0.15, 0.2) is 18.7 Å². The summed E-state index contributed by atoms with van der Waals surface area (Å²) in [6.45, 7) is 0. The van der Waals surface area contributed by atoms with E-state index in [2.05, 4.69) is 33.4 Å². The minimum atomic E-state index is -4.42. The second-order valence-corrected chi connectivity index (χ2v) is 15.7. The largest absolute Gasteiger partial charge is 0.416 e. The Morgan fingerprint density at radius 3 is 1.50 bits per heavy atom. The van der Waals surface area contributed by atoms with Crippen LogP contribution >= 0.6 is 0 Å². The van der Waals surface area contributed by atoms with Crippen LogP contribution in [0.1, 0.15) is 49.6 Å². The number of rotatable bonds is 10. The van der Waals surface area contributed by atoms with Crippen LogP contribution < -0.4 is 21.7 Å². The van der Waals surface area contributed by atoms with Gasteiger partial charge in [-0.25, -0.2) is 9.15 Å². The van der Waals surface area contributed by atoms with E-state index in [1.54, 1.807) is 97.1 Å². The zero-order chi connectivity index (χ0) is 50.3. The molecule has 0 saturated carbocycles. The molecule has 0 aliphatic rings.